The molecule has 0 radical (unpaired) electrons. The van der Waals surface area contributed by atoms with E-state index in [1.807, 2.05) is 0 Å². The van der Waals surface area contributed by atoms with Gasteiger partial charge in [0.05, 0.1) is 9.92 Å². The fourth-order valence-corrected chi connectivity index (χ4v) is 3.63. The fraction of sp³-hybridized carbons (Fsp3) is 0.333. The predicted octanol–water partition coefficient (Wildman–Crippen LogP) is 2.36. The lowest BCUT2D eigenvalue weighted by atomic mass is 10.0. The van der Waals surface area contributed by atoms with Crippen LogP contribution in [0.2, 0.25) is 5.02 Å². The number of benzene rings is 1. The van der Waals surface area contributed by atoms with Gasteiger partial charge in [0.25, 0.3) is 5.91 Å². The number of hydrogen-bond donors (Lipinski definition) is 3. The third-order valence-electron chi connectivity index (χ3n) is 3.27. The van der Waals surface area contributed by atoms with Crippen LogP contribution in [0.1, 0.15) is 25.0 Å². The SMILES string of the molecule is CCc1c(S(C)(=O)=O)ccc(C(O)=C(C(C)=N)C(=O)NC)c1Cl. The first-order valence-electron chi connectivity index (χ1n) is 6.78. The first kappa shape index (κ1) is 19.2. The van der Waals surface area contributed by atoms with E-state index >= 15 is 0 Å². The molecule has 1 amide bonds. The number of sulfone groups is 1. The number of carbonyl (C=O) groups is 1. The Hall–Kier alpha value is -1.86. The first-order chi connectivity index (χ1) is 10.6. The van der Waals surface area contributed by atoms with E-state index in [1.165, 1.54) is 26.1 Å². The molecular weight excluding hydrogens is 340 g/mol. The Balaban J connectivity index is 3.75. The Morgan fingerprint density at radius 2 is 1.96 bits per heavy atom. The van der Waals surface area contributed by atoms with E-state index in [-0.39, 0.29) is 26.8 Å². The van der Waals surface area contributed by atoms with Gasteiger partial charge in [-0.05, 0) is 31.0 Å². The quantitative estimate of drug-likeness (QED) is 0.426. The summed E-state index contributed by atoms with van der Waals surface area (Å²) < 4.78 is 23.6. The molecule has 0 atom stereocenters. The molecule has 8 heteroatoms. The summed E-state index contributed by atoms with van der Waals surface area (Å²) in [5, 5.41) is 20.4. The van der Waals surface area contributed by atoms with Crippen LogP contribution in [-0.2, 0) is 21.1 Å². The summed E-state index contributed by atoms with van der Waals surface area (Å²) in [5.74, 6) is -1.09. The lowest BCUT2D eigenvalue weighted by Crippen LogP contribution is -2.25. The molecule has 3 N–H and O–H groups in total. The van der Waals surface area contributed by atoms with Crippen molar-refractivity contribution >= 4 is 38.8 Å². The van der Waals surface area contributed by atoms with Gasteiger partial charge in [-0.1, -0.05) is 18.5 Å². The number of likely N-dealkylation sites (N-methyl/N-ethyl adjacent to an activating group) is 1. The number of carbonyl (C=O) groups excluding carboxylic acids is 1. The standard InChI is InChI=1S/C15H19ClN2O4S/c1-5-9-11(23(4,21)22)7-6-10(13(9)16)14(19)12(8(2)17)15(20)18-3/h6-7,17,19H,5H2,1-4H3,(H,18,20). The van der Waals surface area contributed by atoms with Crippen LogP contribution in [0.25, 0.3) is 5.76 Å². The van der Waals surface area contributed by atoms with Crippen molar-refractivity contribution in [3.63, 3.8) is 0 Å². The van der Waals surface area contributed by atoms with Gasteiger partial charge in [-0.15, -0.1) is 0 Å². The average molecular weight is 359 g/mol. The molecule has 0 saturated heterocycles. The van der Waals surface area contributed by atoms with Crippen molar-refractivity contribution in [1.29, 1.82) is 5.41 Å². The lowest BCUT2D eigenvalue weighted by molar-refractivity contribution is -0.116. The van der Waals surface area contributed by atoms with Crippen LogP contribution in [0.4, 0.5) is 0 Å². The van der Waals surface area contributed by atoms with E-state index in [2.05, 4.69) is 5.32 Å². The number of amides is 1. The second-order valence-electron chi connectivity index (χ2n) is 4.96. The van der Waals surface area contributed by atoms with Crippen molar-refractivity contribution < 1.29 is 18.3 Å². The summed E-state index contributed by atoms with van der Waals surface area (Å²) in [6, 6.07) is 2.67. The van der Waals surface area contributed by atoms with Gasteiger partial charge in [0.2, 0.25) is 0 Å². The molecule has 6 nitrogen and oxygen atoms in total. The second kappa shape index (κ2) is 7.14. The van der Waals surface area contributed by atoms with Crippen LogP contribution in [0.3, 0.4) is 0 Å². The molecule has 0 heterocycles. The van der Waals surface area contributed by atoms with E-state index in [0.717, 1.165) is 6.26 Å². The molecule has 23 heavy (non-hydrogen) atoms. The maximum Gasteiger partial charge on any atom is 0.256 e. The zero-order valence-electron chi connectivity index (χ0n) is 13.3. The molecule has 0 aliphatic rings. The fourth-order valence-electron chi connectivity index (χ4n) is 2.18. The molecule has 1 aromatic rings. The molecule has 0 aliphatic heterocycles. The maximum absolute atomic E-state index is 11.9. The minimum atomic E-state index is -3.47. The monoisotopic (exact) mass is 358 g/mol. The normalized spacial score (nSPS) is 12.6. The Bertz CT molecular complexity index is 798. The summed E-state index contributed by atoms with van der Waals surface area (Å²) in [5.41, 5.74) is 0.116. The Morgan fingerprint density at radius 1 is 1.39 bits per heavy atom. The van der Waals surface area contributed by atoms with Gasteiger partial charge in [-0.2, -0.15) is 0 Å². The highest BCUT2D eigenvalue weighted by Crippen LogP contribution is 2.33. The number of hydrogen-bond acceptors (Lipinski definition) is 5. The van der Waals surface area contributed by atoms with Crippen molar-refractivity contribution in [3.8, 4) is 0 Å². The van der Waals surface area contributed by atoms with Gasteiger partial charge in [0.15, 0.2) is 9.84 Å². The molecule has 0 spiro atoms. The number of nitrogens with one attached hydrogen (secondary N) is 2. The van der Waals surface area contributed by atoms with Gasteiger partial charge in [-0.3, -0.25) is 4.79 Å². The van der Waals surface area contributed by atoms with Crippen molar-refractivity contribution in [2.45, 2.75) is 25.2 Å². The van der Waals surface area contributed by atoms with Crippen molar-refractivity contribution in [1.82, 2.24) is 5.32 Å². The van der Waals surface area contributed by atoms with Gasteiger partial charge in [-0.25, -0.2) is 8.42 Å². The lowest BCUT2D eigenvalue weighted by Gasteiger charge is -2.14. The van der Waals surface area contributed by atoms with Crippen LogP contribution in [0, 0.1) is 5.41 Å². The van der Waals surface area contributed by atoms with E-state index in [9.17, 15) is 18.3 Å². The number of halogens is 1. The largest absolute Gasteiger partial charge is 0.506 e. The van der Waals surface area contributed by atoms with Crippen LogP contribution in [0.15, 0.2) is 22.6 Å². The summed E-state index contributed by atoms with van der Waals surface area (Å²) in [7, 11) is -2.09. The molecule has 0 fully saturated rings. The smallest absolute Gasteiger partial charge is 0.256 e. The molecule has 1 rings (SSSR count). The van der Waals surface area contributed by atoms with E-state index in [1.54, 1.807) is 6.92 Å². The van der Waals surface area contributed by atoms with Gasteiger partial charge < -0.3 is 15.8 Å². The Labute approximate surface area is 140 Å². The Morgan fingerprint density at radius 3 is 2.35 bits per heavy atom. The molecule has 0 saturated carbocycles. The minimum absolute atomic E-state index is 0.0515. The number of aliphatic hydroxyl groups is 1. The highest BCUT2D eigenvalue weighted by atomic mass is 35.5. The van der Waals surface area contributed by atoms with E-state index in [0.29, 0.717) is 12.0 Å². The number of rotatable bonds is 5. The van der Waals surface area contributed by atoms with Crippen molar-refractivity contribution in [3.05, 3.63) is 33.9 Å². The zero-order chi connectivity index (χ0) is 17.9. The summed E-state index contributed by atoms with van der Waals surface area (Å²) >= 11 is 6.25. The molecule has 0 aromatic heterocycles. The summed E-state index contributed by atoms with van der Waals surface area (Å²) in [6.07, 6.45) is 1.41. The van der Waals surface area contributed by atoms with Gasteiger partial charge in [0, 0.05) is 24.6 Å². The zero-order valence-corrected chi connectivity index (χ0v) is 14.9. The molecule has 1 aromatic carbocycles. The molecule has 0 bridgehead atoms. The van der Waals surface area contributed by atoms with Crippen LogP contribution in [0.5, 0.6) is 0 Å². The highest BCUT2D eigenvalue weighted by molar-refractivity contribution is 7.90. The number of aliphatic hydroxyl groups excluding tert-OH is 1. The van der Waals surface area contributed by atoms with Crippen LogP contribution >= 0.6 is 11.6 Å². The van der Waals surface area contributed by atoms with Gasteiger partial charge in [0.1, 0.15) is 11.3 Å². The summed E-state index contributed by atoms with van der Waals surface area (Å²) in [4.78, 5) is 11.9. The molecular formula is C15H19ClN2O4S. The first-order valence-corrected chi connectivity index (χ1v) is 9.05. The predicted molar refractivity (Wildman–Crippen MR) is 91.0 cm³/mol. The molecule has 0 aliphatic carbocycles. The van der Waals surface area contributed by atoms with Gasteiger partial charge >= 0.3 is 0 Å². The molecule has 0 unspecified atom stereocenters. The minimum Gasteiger partial charge on any atom is -0.506 e. The second-order valence-corrected chi connectivity index (χ2v) is 7.32. The summed E-state index contributed by atoms with van der Waals surface area (Å²) in [6.45, 7) is 3.10. The van der Waals surface area contributed by atoms with Crippen molar-refractivity contribution in [2.75, 3.05) is 13.3 Å². The highest BCUT2D eigenvalue weighted by Gasteiger charge is 2.23. The Kier molecular flexibility index (Phi) is 5.96. The molecule has 126 valence electrons. The maximum atomic E-state index is 11.9. The van der Waals surface area contributed by atoms with Crippen LogP contribution < -0.4 is 5.32 Å². The third-order valence-corrected chi connectivity index (χ3v) is 4.89. The van der Waals surface area contributed by atoms with Crippen LogP contribution in [-0.4, -0.2) is 38.4 Å². The van der Waals surface area contributed by atoms with E-state index < -0.39 is 21.5 Å². The topological polar surface area (TPSA) is 107 Å². The van der Waals surface area contributed by atoms with E-state index in [4.69, 9.17) is 17.0 Å². The van der Waals surface area contributed by atoms with Crippen molar-refractivity contribution in [2.24, 2.45) is 0 Å². The third kappa shape index (κ3) is 3.92. The average Bonchev–Trinajstić information content (AvgIpc) is 2.45.